The lowest BCUT2D eigenvalue weighted by Crippen LogP contribution is -2.21. The van der Waals surface area contributed by atoms with Gasteiger partial charge in [-0.05, 0) is 24.8 Å². The van der Waals surface area contributed by atoms with Crippen molar-refractivity contribution >= 4 is 45.7 Å². The normalized spacial score (nSPS) is 10.3. The number of aryl methyl sites for hydroxylation is 1. The van der Waals surface area contributed by atoms with Crippen LogP contribution in [0.3, 0.4) is 0 Å². The summed E-state index contributed by atoms with van der Waals surface area (Å²) < 4.78 is 9.77. The van der Waals surface area contributed by atoms with Gasteiger partial charge in [-0.25, -0.2) is 4.98 Å². The number of rotatable bonds is 9. The van der Waals surface area contributed by atoms with Crippen LogP contribution in [0.5, 0.6) is 0 Å². The summed E-state index contributed by atoms with van der Waals surface area (Å²) in [5.41, 5.74) is 0.520. The predicted molar refractivity (Wildman–Crippen MR) is 94.7 cm³/mol. The number of esters is 2. The number of thiazole rings is 1. The van der Waals surface area contributed by atoms with Gasteiger partial charge < -0.3 is 9.47 Å². The summed E-state index contributed by atoms with van der Waals surface area (Å²) in [4.78, 5) is 40.0. The van der Waals surface area contributed by atoms with Gasteiger partial charge in [0.05, 0.1) is 25.1 Å². The molecule has 0 aromatic carbocycles. The third kappa shape index (κ3) is 7.02. The highest BCUT2D eigenvalue weighted by Gasteiger charge is 2.12. The van der Waals surface area contributed by atoms with Gasteiger partial charge in [0, 0.05) is 10.3 Å². The van der Waals surface area contributed by atoms with Crippen LogP contribution in [0.2, 0.25) is 0 Å². The minimum atomic E-state index is -0.471. The van der Waals surface area contributed by atoms with E-state index in [1.165, 1.54) is 11.3 Å². The van der Waals surface area contributed by atoms with Crippen LogP contribution in [0.1, 0.15) is 23.9 Å². The summed E-state index contributed by atoms with van der Waals surface area (Å²) in [5.74, 6) is -1.27. The molecule has 2 aromatic rings. The second kappa shape index (κ2) is 9.90. The largest absolute Gasteiger partial charge is 0.466 e. The molecule has 0 spiro atoms. The van der Waals surface area contributed by atoms with Gasteiger partial charge in [-0.2, -0.15) is 0 Å². The van der Waals surface area contributed by atoms with Gasteiger partial charge >= 0.3 is 11.9 Å². The van der Waals surface area contributed by atoms with Gasteiger partial charge in [0.1, 0.15) is 0 Å². The maximum Gasteiger partial charge on any atom is 0.311 e. The fourth-order valence-electron chi connectivity index (χ4n) is 1.86. The molecule has 0 unspecified atom stereocenters. The van der Waals surface area contributed by atoms with E-state index >= 15 is 0 Å². The van der Waals surface area contributed by atoms with E-state index in [9.17, 15) is 14.4 Å². The van der Waals surface area contributed by atoms with Gasteiger partial charge in [-0.3, -0.25) is 19.7 Å². The first kappa shape index (κ1) is 19.1. The van der Waals surface area contributed by atoms with E-state index in [4.69, 9.17) is 9.47 Å². The summed E-state index contributed by atoms with van der Waals surface area (Å²) in [5, 5.41) is 6.49. The molecule has 0 saturated carbocycles. The molecular formula is C16H18N2O5S2. The highest BCUT2D eigenvalue weighted by atomic mass is 32.1. The molecule has 25 heavy (non-hydrogen) atoms. The molecule has 2 heterocycles. The summed E-state index contributed by atoms with van der Waals surface area (Å²) in [6.07, 6.45) is 0.883. The molecular weight excluding hydrogens is 364 g/mol. The Kier molecular flexibility index (Phi) is 7.55. The van der Waals surface area contributed by atoms with Gasteiger partial charge in [0.25, 0.3) is 5.91 Å². The van der Waals surface area contributed by atoms with E-state index in [1.807, 2.05) is 17.5 Å². The number of aromatic nitrogens is 1. The monoisotopic (exact) mass is 382 g/mol. The van der Waals surface area contributed by atoms with E-state index in [0.29, 0.717) is 23.9 Å². The van der Waals surface area contributed by atoms with Crippen LogP contribution in [-0.2, 0) is 36.7 Å². The van der Waals surface area contributed by atoms with Crippen molar-refractivity contribution in [3.63, 3.8) is 0 Å². The number of ether oxygens (including phenoxy) is 2. The SMILES string of the molecule is CCOC(=O)Cc1csc(NC(=O)COC(=O)CCc2cccs2)n1. The Hall–Kier alpha value is -2.26. The molecule has 0 fully saturated rings. The van der Waals surface area contributed by atoms with Crippen LogP contribution in [0.15, 0.2) is 22.9 Å². The van der Waals surface area contributed by atoms with Gasteiger partial charge in [0.15, 0.2) is 11.7 Å². The first-order valence-corrected chi connectivity index (χ1v) is 9.40. The molecule has 7 nitrogen and oxygen atoms in total. The summed E-state index contributed by atoms with van der Waals surface area (Å²) in [6, 6.07) is 3.87. The van der Waals surface area contributed by atoms with Crippen molar-refractivity contribution in [2.24, 2.45) is 0 Å². The third-order valence-corrected chi connectivity index (χ3v) is 4.69. The van der Waals surface area contributed by atoms with E-state index in [2.05, 4.69) is 10.3 Å². The molecule has 1 amide bonds. The number of nitrogens with one attached hydrogen (secondary N) is 1. The summed E-state index contributed by atoms with van der Waals surface area (Å²) >= 11 is 2.76. The number of amides is 1. The Morgan fingerprint density at radius 3 is 2.76 bits per heavy atom. The van der Waals surface area contributed by atoms with Crippen molar-refractivity contribution in [2.45, 2.75) is 26.2 Å². The number of anilines is 1. The van der Waals surface area contributed by atoms with Gasteiger partial charge in [-0.1, -0.05) is 6.07 Å². The van der Waals surface area contributed by atoms with E-state index in [-0.39, 0.29) is 25.4 Å². The first-order chi connectivity index (χ1) is 12.1. The number of nitrogens with zero attached hydrogens (tertiary/aromatic N) is 1. The first-order valence-electron chi connectivity index (χ1n) is 7.64. The third-order valence-electron chi connectivity index (χ3n) is 2.95. The lowest BCUT2D eigenvalue weighted by atomic mass is 10.3. The van der Waals surface area contributed by atoms with Crippen molar-refractivity contribution in [1.29, 1.82) is 0 Å². The lowest BCUT2D eigenvalue weighted by molar-refractivity contribution is -0.147. The zero-order valence-electron chi connectivity index (χ0n) is 13.6. The van der Waals surface area contributed by atoms with Crippen LogP contribution in [-0.4, -0.2) is 36.0 Å². The number of hydrogen-bond donors (Lipinski definition) is 1. The van der Waals surface area contributed by atoms with Gasteiger partial charge in [0.2, 0.25) is 0 Å². The van der Waals surface area contributed by atoms with E-state index < -0.39 is 11.9 Å². The summed E-state index contributed by atoms with van der Waals surface area (Å²) in [6.45, 7) is 1.67. The smallest absolute Gasteiger partial charge is 0.311 e. The van der Waals surface area contributed by atoms with E-state index in [1.54, 1.807) is 23.6 Å². The summed E-state index contributed by atoms with van der Waals surface area (Å²) in [7, 11) is 0. The average Bonchev–Trinajstić information content (AvgIpc) is 3.23. The number of carbonyl (C=O) groups is 3. The zero-order valence-corrected chi connectivity index (χ0v) is 15.3. The van der Waals surface area contributed by atoms with Crippen LogP contribution in [0.25, 0.3) is 0 Å². The van der Waals surface area contributed by atoms with Gasteiger partial charge in [-0.15, -0.1) is 22.7 Å². The van der Waals surface area contributed by atoms with Crippen molar-refractivity contribution in [2.75, 3.05) is 18.5 Å². The highest BCUT2D eigenvalue weighted by Crippen LogP contribution is 2.16. The molecule has 0 saturated heterocycles. The Balaban J connectivity index is 1.68. The Bertz CT molecular complexity index is 712. The maximum absolute atomic E-state index is 11.8. The van der Waals surface area contributed by atoms with Crippen molar-refractivity contribution < 1.29 is 23.9 Å². The van der Waals surface area contributed by atoms with E-state index in [0.717, 1.165) is 4.88 Å². The minimum Gasteiger partial charge on any atom is -0.466 e. The average molecular weight is 382 g/mol. The Morgan fingerprint density at radius 1 is 1.20 bits per heavy atom. The zero-order chi connectivity index (χ0) is 18.1. The standard InChI is InChI=1S/C16H18N2O5S2/c1-2-22-15(21)8-11-10-25-16(17-11)18-13(19)9-23-14(20)6-5-12-4-3-7-24-12/h3-4,7,10H,2,5-6,8-9H2,1H3,(H,17,18,19). The number of carbonyl (C=O) groups excluding carboxylic acids is 3. The highest BCUT2D eigenvalue weighted by molar-refractivity contribution is 7.14. The molecule has 0 aliphatic rings. The fourth-order valence-corrected chi connectivity index (χ4v) is 3.29. The molecule has 1 N–H and O–H groups in total. The van der Waals surface area contributed by atoms with Crippen molar-refractivity contribution in [1.82, 2.24) is 4.98 Å². The van der Waals surface area contributed by atoms with Crippen LogP contribution >= 0.6 is 22.7 Å². The molecule has 9 heteroatoms. The van der Waals surface area contributed by atoms with Crippen LogP contribution in [0, 0.1) is 0 Å². The molecule has 134 valence electrons. The van der Waals surface area contributed by atoms with Crippen LogP contribution < -0.4 is 5.32 Å². The molecule has 0 aliphatic heterocycles. The molecule has 0 atom stereocenters. The van der Waals surface area contributed by atoms with Crippen molar-refractivity contribution in [3.8, 4) is 0 Å². The number of thiophene rings is 1. The minimum absolute atomic E-state index is 0.0535. The lowest BCUT2D eigenvalue weighted by Gasteiger charge is -2.04. The Labute approximate surface area is 153 Å². The quantitative estimate of drug-likeness (QED) is 0.670. The fraction of sp³-hybridized carbons (Fsp3) is 0.375. The predicted octanol–water partition coefficient (Wildman–Crippen LogP) is 2.42. The molecule has 0 radical (unpaired) electrons. The molecule has 2 rings (SSSR count). The second-order valence-electron chi connectivity index (χ2n) is 4.91. The molecule has 2 aromatic heterocycles. The maximum atomic E-state index is 11.8. The second-order valence-corrected chi connectivity index (χ2v) is 6.80. The number of hydrogen-bond acceptors (Lipinski definition) is 8. The molecule has 0 aliphatic carbocycles. The van der Waals surface area contributed by atoms with Crippen LogP contribution in [0.4, 0.5) is 5.13 Å². The molecule has 0 bridgehead atoms. The van der Waals surface area contributed by atoms with Crippen molar-refractivity contribution in [3.05, 3.63) is 33.5 Å². The topological polar surface area (TPSA) is 94.6 Å². The Morgan fingerprint density at radius 2 is 2.04 bits per heavy atom.